The molecule has 2 rings (SSSR count). The van der Waals surface area contributed by atoms with Crippen molar-refractivity contribution in [2.75, 3.05) is 6.73 Å². The van der Waals surface area contributed by atoms with E-state index in [1.165, 1.54) is 18.2 Å². The Bertz CT molecular complexity index is 502. The lowest BCUT2D eigenvalue weighted by molar-refractivity contribution is 0.0490. The Morgan fingerprint density at radius 1 is 1.27 bits per heavy atom. The fourth-order valence-electron chi connectivity index (χ4n) is 1.49. The molecule has 1 N–H and O–H groups in total. The molecule has 0 atom stereocenters. The van der Waals surface area contributed by atoms with E-state index in [9.17, 15) is 9.59 Å². The monoisotopic (exact) mass is 202 g/mol. The minimum atomic E-state index is -0.645. The van der Waals surface area contributed by atoms with E-state index in [2.05, 4.69) is 0 Å². The fraction of sp³-hybridized carbons (Fsp3) is 0.100. The molecule has 1 aromatic rings. The van der Waals surface area contributed by atoms with Crippen LogP contribution in [0.1, 0.15) is 26.3 Å². The second-order valence-electron chi connectivity index (χ2n) is 3.05. The van der Waals surface area contributed by atoms with Gasteiger partial charge in [0.1, 0.15) is 6.73 Å². The zero-order valence-corrected chi connectivity index (χ0v) is 7.60. The molecule has 74 valence electrons. The van der Waals surface area contributed by atoms with Crippen LogP contribution in [0.3, 0.4) is 0 Å². The zero-order valence-electron chi connectivity index (χ0n) is 7.60. The molecule has 15 heavy (non-hydrogen) atoms. The first-order valence-electron chi connectivity index (χ1n) is 4.20. The van der Waals surface area contributed by atoms with Gasteiger partial charge in [0.25, 0.3) is 11.8 Å². The number of benzene rings is 1. The van der Waals surface area contributed by atoms with Gasteiger partial charge in [0.15, 0.2) is 0 Å². The van der Waals surface area contributed by atoms with Gasteiger partial charge in [-0.05, 0) is 18.2 Å². The standard InChI is InChI=1S/C10H6N2O3/c11-4-6-1-2-7-8(3-6)10(15)12(5-13)9(7)14/h1-3,13H,5H2. The molecule has 1 aliphatic heterocycles. The number of carbonyl (C=O) groups is 2. The second kappa shape index (κ2) is 3.19. The predicted molar refractivity (Wildman–Crippen MR) is 48.7 cm³/mol. The molecule has 0 saturated carbocycles. The van der Waals surface area contributed by atoms with E-state index in [-0.39, 0.29) is 11.1 Å². The van der Waals surface area contributed by atoms with Crippen LogP contribution < -0.4 is 0 Å². The minimum Gasteiger partial charge on any atom is -0.376 e. The Balaban J connectivity index is 2.59. The third-order valence-electron chi connectivity index (χ3n) is 2.24. The normalized spacial score (nSPS) is 14.0. The van der Waals surface area contributed by atoms with E-state index in [0.29, 0.717) is 5.56 Å². The maximum Gasteiger partial charge on any atom is 0.263 e. The maximum absolute atomic E-state index is 11.5. The highest BCUT2D eigenvalue weighted by Gasteiger charge is 2.34. The van der Waals surface area contributed by atoms with Crippen LogP contribution in [0.2, 0.25) is 0 Å². The first-order chi connectivity index (χ1) is 7.19. The lowest BCUT2D eigenvalue weighted by atomic mass is 10.1. The topological polar surface area (TPSA) is 81.4 Å². The molecule has 5 nitrogen and oxygen atoms in total. The Morgan fingerprint density at radius 3 is 2.53 bits per heavy atom. The van der Waals surface area contributed by atoms with Gasteiger partial charge in [-0.15, -0.1) is 0 Å². The number of nitrogens with zero attached hydrogens (tertiary/aromatic N) is 2. The molecule has 2 amide bonds. The summed E-state index contributed by atoms with van der Waals surface area (Å²) in [6, 6.07) is 6.12. The van der Waals surface area contributed by atoms with Crippen molar-refractivity contribution in [3.8, 4) is 6.07 Å². The van der Waals surface area contributed by atoms with Gasteiger partial charge < -0.3 is 5.11 Å². The number of hydrogen-bond acceptors (Lipinski definition) is 4. The van der Waals surface area contributed by atoms with E-state index >= 15 is 0 Å². The number of nitriles is 1. The Hall–Kier alpha value is -2.19. The van der Waals surface area contributed by atoms with Gasteiger partial charge in [0.05, 0.1) is 22.8 Å². The summed E-state index contributed by atoms with van der Waals surface area (Å²) in [5, 5.41) is 17.5. The number of hydrogen-bond donors (Lipinski definition) is 1. The van der Waals surface area contributed by atoms with Gasteiger partial charge in [0, 0.05) is 0 Å². The highest BCUT2D eigenvalue weighted by Crippen LogP contribution is 2.23. The molecule has 0 fully saturated rings. The number of amides is 2. The molecule has 0 unspecified atom stereocenters. The summed E-state index contributed by atoms with van der Waals surface area (Å²) < 4.78 is 0. The molecular formula is C10H6N2O3. The summed E-state index contributed by atoms with van der Waals surface area (Å²) in [5.74, 6) is -1.09. The SMILES string of the molecule is N#Cc1ccc2c(c1)C(=O)N(CO)C2=O. The smallest absolute Gasteiger partial charge is 0.263 e. The van der Waals surface area contributed by atoms with Crippen LogP contribution in [-0.2, 0) is 0 Å². The molecule has 1 heterocycles. The van der Waals surface area contributed by atoms with Crippen molar-refractivity contribution >= 4 is 11.8 Å². The van der Waals surface area contributed by atoms with Gasteiger partial charge in [-0.3, -0.25) is 14.5 Å². The summed E-state index contributed by atoms with van der Waals surface area (Å²) in [4.78, 5) is 23.8. The second-order valence-corrected chi connectivity index (χ2v) is 3.05. The zero-order chi connectivity index (χ0) is 11.0. The quantitative estimate of drug-likeness (QED) is 0.655. The Morgan fingerprint density at radius 2 is 1.93 bits per heavy atom. The van der Waals surface area contributed by atoms with Crippen molar-refractivity contribution in [1.82, 2.24) is 4.90 Å². The molecule has 0 aromatic heterocycles. The number of aliphatic hydroxyl groups excluding tert-OH is 1. The van der Waals surface area contributed by atoms with Gasteiger partial charge >= 0.3 is 0 Å². The Kier molecular flexibility index (Phi) is 1.99. The lowest BCUT2D eigenvalue weighted by Gasteiger charge is -2.07. The van der Waals surface area contributed by atoms with E-state index in [0.717, 1.165) is 4.90 Å². The summed E-state index contributed by atoms with van der Waals surface area (Å²) in [6.45, 7) is -0.645. The number of rotatable bonds is 1. The van der Waals surface area contributed by atoms with E-state index in [1.54, 1.807) is 0 Å². The van der Waals surface area contributed by atoms with Crippen LogP contribution in [0.4, 0.5) is 0 Å². The highest BCUT2D eigenvalue weighted by atomic mass is 16.3. The highest BCUT2D eigenvalue weighted by molar-refractivity contribution is 6.21. The third kappa shape index (κ3) is 1.20. The number of aliphatic hydroxyl groups is 1. The average molecular weight is 202 g/mol. The molecule has 1 aromatic carbocycles. The predicted octanol–water partition coefficient (Wildman–Crippen LogP) is 0.104. The lowest BCUT2D eigenvalue weighted by Crippen LogP contribution is -2.30. The van der Waals surface area contributed by atoms with Crippen LogP contribution >= 0.6 is 0 Å². The van der Waals surface area contributed by atoms with Crippen LogP contribution in [0.5, 0.6) is 0 Å². The summed E-state index contributed by atoms with van der Waals surface area (Å²) in [5.41, 5.74) is 0.718. The van der Waals surface area contributed by atoms with E-state index < -0.39 is 18.5 Å². The van der Waals surface area contributed by atoms with E-state index in [1.807, 2.05) is 6.07 Å². The van der Waals surface area contributed by atoms with E-state index in [4.69, 9.17) is 10.4 Å². The number of imide groups is 1. The molecule has 0 spiro atoms. The van der Waals surface area contributed by atoms with Gasteiger partial charge in [0.2, 0.25) is 0 Å². The molecule has 5 heteroatoms. The first kappa shape index (κ1) is 9.37. The molecule has 0 bridgehead atoms. The summed E-state index contributed by atoms with van der Waals surface area (Å²) in [6.07, 6.45) is 0. The number of carbonyl (C=O) groups excluding carboxylic acids is 2. The minimum absolute atomic E-state index is 0.174. The molecular weight excluding hydrogens is 196 g/mol. The van der Waals surface area contributed by atoms with Crippen LogP contribution in [0.15, 0.2) is 18.2 Å². The molecule has 1 aliphatic rings. The van der Waals surface area contributed by atoms with Crippen molar-refractivity contribution in [1.29, 1.82) is 5.26 Å². The summed E-state index contributed by atoms with van der Waals surface area (Å²) >= 11 is 0. The van der Waals surface area contributed by atoms with Crippen molar-refractivity contribution in [2.24, 2.45) is 0 Å². The molecule has 0 radical (unpaired) electrons. The average Bonchev–Trinajstić information content (AvgIpc) is 2.51. The van der Waals surface area contributed by atoms with Crippen molar-refractivity contribution in [3.05, 3.63) is 34.9 Å². The summed E-state index contributed by atoms with van der Waals surface area (Å²) in [7, 11) is 0. The van der Waals surface area contributed by atoms with Crippen molar-refractivity contribution in [3.63, 3.8) is 0 Å². The van der Waals surface area contributed by atoms with Gasteiger partial charge in [-0.25, -0.2) is 0 Å². The largest absolute Gasteiger partial charge is 0.376 e. The maximum atomic E-state index is 11.5. The fourth-order valence-corrected chi connectivity index (χ4v) is 1.49. The first-order valence-corrected chi connectivity index (χ1v) is 4.20. The molecule has 0 saturated heterocycles. The molecule has 0 aliphatic carbocycles. The third-order valence-corrected chi connectivity index (χ3v) is 2.24. The van der Waals surface area contributed by atoms with Gasteiger partial charge in [-0.1, -0.05) is 0 Å². The van der Waals surface area contributed by atoms with Crippen LogP contribution in [0.25, 0.3) is 0 Å². The van der Waals surface area contributed by atoms with Crippen molar-refractivity contribution < 1.29 is 14.7 Å². The van der Waals surface area contributed by atoms with Gasteiger partial charge in [-0.2, -0.15) is 5.26 Å². The van der Waals surface area contributed by atoms with Crippen LogP contribution in [0, 0.1) is 11.3 Å². The number of fused-ring (bicyclic) bond motifs is 1. The van der Waals surface area contributed by atoms with Crippen LogP contribution in [-0.4, -0.2) is 28.6 Å². The Labute approximate surface area is 85.2 Å². The van der Waals surface area contributed by atoms with Crippen molar-refractivity contribution in [2.45, 2.75) is 0 Å².